The minimum absolute atomic E-state index is 0.0388. The Morgan fingerprint density at radius 3 is 2.95 bits per heavy atom. The first-order chi connectivity index (χ1) is 9.20. The molecule has 19 heavy (non-hydrogen) atoms. The first-order valence-corrected chi connectivity index (χ1v) is 6.75. The van der Waals surface area contributed by atoms with E-state index in [0.717, 1.165) is 0 Å². The predicted octanol–water partition coefficient (Wildman–Crippen LogP) is 1.88. The zero-order chi connectivity index (χ0) is 13.7. The largest absolute Gasteiger partial charge is 0.396 e. The van der Waals surface area contributed by atoms with Gasteiger partial charge < -0.3 is 15.4 Å². The number of hydrogen-bond acceptors (Lipinski definition) is 6. The topological polar surface area (TPSA) is 85.2 Å². The number of rotatable bonds is 6. The zero-order valence-electron chi connectivity index (χ0n) is 10.1. The third-order valence-corrected chi connectivity index (χ3v) is 3.48. The lowest BCUT2D eigenvalue weighted by atomic mass is 10.2. The number of halogens is 1. The normalized spacial score (nSPS) is 12.6. The molecule has 2 rings (SSSR count). The van der Waals surface area contributed by atoms with Gasteiger partial charge in [0, 0.05) is 11.5 Å². The van der Waals surface area contributed by atoms with Crippen LogP contribution in [0.3, 0.4) is 0 Å². The van der Waals surface area contributed by atoms with E-state index in [1.807, 2.05) is 0 Å². The average molecular weight is 283 g/mol. The third-order valence-electron chi connectivity index (χ3n) is 2.43. The van der Waals surface area contributed by atoms with Crippen molar-refractivity contribution in [1.82, 2.24) is 10.1 Å². The minimum atomic E-state index is -0.468. The summed E-state index contributed by atoms with van der Waals surface area (Å²) < 4.78 is 18.4. The molecule has 0 spiro atoms. The van der Waals surface area contributed by atoms with Crippen LogP contribution in [0.1, 0.15) is 24.2 Å². The summed E-state index contributed by atoms with van der Waals surface area (Å²) in [5.74, 6) is 0.874. The van der Waals surface area contributed by atoms with E-state index in [9.17, 15) is 4.39 Å². The van der Waals surface area contributed by atoms with E-state index < -0.39 is 6.04 Å². The van der Waals surface area contributed by atoms with Gasteiger partial charge in [-0.2, -0.15) is 4.98 Å². The third kappa shape index (κ3) is 3.76. The van der Waals surface area contributed by atoms with E-state index in [-0.39, 0.29) is 18.3 Å². The Hall–Kier alpha value is -1.44. The van der Waals surface area contributed by atoms with Crippen LogP contribution in [0, 0.1) is 5.82 Å². The SMILES string of the molecule is NC(CCO)c1nc(CSc2ccccc2F)no1. The molecular formula is C12H14FN3O2S. The molecule has 2 aromatic rings. The lowest BCUT2D eigenvalue weighted by Crippen LogP contribution is -2.12. The van der Waals surface area contributed by atoms with Crippen LogP contribution in [0.2, 0.25) is 0 Å². The van der Waals surface area contributed by atoms with E-state index in [0.29, 0.717) is 22.9 Å². The van der Waals surface area contributed by atoms with E-state index in [1.165, 1.54) is 17.8 Å². The van der Waals surface area contributed by atoms with Gasteiger partial charge in [-0.1, -0.05) is 17.3 Å². The van der Waals surface area contributed by atoms with Gasteiger partial charge in [-0.25, -0.2) is 4.39 Å². The second-order valence-corrected chi connectivity index (χ2v) is 4.90. The number of aromatic nitrogens is 2. The molecule has 0 saturated carbocycles. The number of thioether (sulfide) groups is 1. The van der Waals surface area contributed by atoms with Crippen molar-refractivity contribution in [2.45, 2.75) is 23.1 Å². The molecule has 1 aromatic carbocycles. The zero-order valence-corrected chi connectivity index (χ0v) is 10.9. The summed E-state index contributed by atoms with van der Waals surface area (Å²) in [6, 6.07) is 6.04. The van der Waals surface area contributed by atoms with E-state index >= 15 is 0 Å². The first-order valence-electron chi connectivity index (χ1n) is 5.77. The maximum absolute atomic E-state index is 13.4. The Balaban J connectivity index is 1.95. The van der Waals surface area contributed by atoms with Crippen LogP contribution in [0.25, 0.3) is 0 Å². The molecule has 1 atom stereocenters. The number of benzene rings is 1. The monoisotopic (exact) mass is 283 g/mol. The molecule has 0 aliphatic heterocycles. The summed E-state index contributed by atoms with van der Waals surface area (Å²) in [5, 5.41) is 12.5. The molecule has 1 unspecified atom stereocenters. The molecular weight excluding hydrogens is 269 g/mol. The maximum atomic E-state index is 13.4. The Morgan fingerprint density at radius 2 is 2.21 bits per heavy atom. The fourth-order valence-corrected chi connectivity index (χ4v) is 2.23. The molecule has 7 heteroatoms. The quantitative estimate of drug-likeness (QED) is 0.787. The number of aliphatic hydroxyl groups excluding tert-OH is 1. The molecule has 0 bridgehead atoms. The van der Waals surface area contributed by atoms with Crippen LogP contribution in [0.5, 0.6) is 0 Å². The predicted molar refractivity (Wildman–Crippen MR) is 68.9 cm³/mol. The van der Waals surface area contributed by atoms with E-state index in [4.69, 9.17) is 15.4 Å². The molecule has 3 N–H and O–H groups in total. The maximum Gasteiger partial charge on any atom is 0.243 e. The van der Waals surface area contributed by atoms with Crippen LogP contribution in [0.4, 0.5) is 4.39 Å². The van der Waals surface area contributed by atoms with Crippen molar-refractivity contribution in [3.63, 3.8) is 0 Å². The van der Waals surface area contributed by atoms with Gasteiger partial charge in [0.2, 0.25) is 5.89 Å². The highest BCUT2D eigenvalue weighted by Crippen LogP contribution is 2.24. The van der Waals surface area contributed by atoms with Crippen molar-refractivity contribution >= 4 is 11.8 Å². The number of nitrogens with zero attached hydrogens (tertiary/aromatic N) is 2. The summed E-state index contributed by atoms with van der Waals surface area (Å²) in [6.07, 6.45) is 0.363. The second kappa shape index (κ2) is 6.65. The fourth-order valence-electron chi connectivity index (χ4n) is 1.44. The van der Waals surface area contributed by atoms with Gasteiger partial charge in [0.15, 0.2) is 5.82 Å². The standard InChI is InChI=1S/C12H14FN3O2S/c13-8-3-1-2-4-10(8)19-7-11-15-12(18-16-11)9(14)5-6-17/h1-4,9,17H,5-7,14H2. The van der Waals surface area contributed by atoms with Gasteiger partial charge >= 0.3 is 0 Å². The number of aliphatic hydroxyl groups is 1. The summed E-state index contributed by atoms with van der Waals surface area (Å²) >= 11 is 1.29. The van der Waals surface area contributed by atoms with Gasteiger partial charge in [0.25, 0.3) is 0 Å². The first kappa shape index (κ1) is 14.0. The molecule has 1 heterocycles. The number of hydrogen-bond donors (Lipinski definition) is 2. The Bertz CT molecular complexity index is 535. The highest BCUT2D eigenvalue weighted by atomic mass is 32.2. The molecule has 5 nitrogen and oxygen atoms in total. The van der Waals surface area contributed by atoms with E-state index in [1.54, 1.807) is 18.2 Å². The van der Waals surface area contributed by atoms with Gasteiger partial charge in [-0.05, 0) is 18.6 Å². The lowest BCUT2D eigenvalue weighted by molar-refractivity contribution is 0.259. The Labute approximate surface area is 114 Å². The summed E-state index contributed by atoms with van der Waals surface area (Å²) in [7, 11) is 0. The van der Waals surface area contributed by atoms with Gasteiger partial charge in [0.05, 0.1) is 11.8 Å². The number of nitrogens with two attached hydrogens (primary N) is 1. The Kier molecular flexibility index (Phi) is 4.89. The van der Waals surface area contributed by atoms with Crippen LogP contribution < -0.4 is 5.73 Å². The molecule has 0 aliphatic carbocycles. The molecule has 0 fully saturated rings. The van der Waals surface area contributed by atoms with Gasteiger partial charge in [-0.15, -0.1) is 11.8 Å². The molecule has 0 saturated heterocycles. The summed E-state index contributed by atoms with van der Waals surface area (Å²) in [4.78, 5) is 4.65. The van der Waals surface area contributed by atoms with Crippen LogP contribution in [-0.4, -0.2) is 21.9 Å². The molecule has 102 valence electrons. The highest BCUT2D eigenvalue weighted by molar-refractivity contribution is 7.98. The van der Waals surface area contributed by atoms with Crippen LogP contribution in [-0.2, 0) is 5.75 Å². The molecule has 1 aromatic heterocycles. The van der Waals surface area contributed by atoms with Crippen molar-refractivity contribution in [3.05, 3.63) is 41.8 Å². The smallest absolute Gasteiger partial charge is 0.243 e. The summed E-state index contributed by atoms with van der Waals surface area (Å²) in [5.41, 5.74) is 5.73. The Morgan fingerprint density at radius 1 is 1.42 bits per heavy atom. The average Bonchev–Trinajstić information content (AvgIpc) is 2.87. The molecule has 0 amide bonds. The molecule has 0 aliphatic rings. The summed E-state index contributed by atoms with van der Waals surface area (Å²) in [6.45, 7) is -0.0388. The van der Waals surface area contributed by atoms with Crippen LogP contribution in [0.15, 0.2) is 33.7 Å². The van der Waals surface area contributed by atoms with Crippen molar-refractivity contribution in [1.29, 1.82) is 0 Å². The highest BCUT2D eigenvalue weighted by Gasteiger charge is 2.14. The van der Waals surface area contributed by atoms with Crippen LogP contribution >= 0.6 is 11.8 Å². The van der Waals surface area contributed by atoms with Gasteiger partial charge in [0.1, 0.15) is 5.82 Å². The van der Waals surface area contributed by atoms with E-state index in [2.05, 4.69) is 10.1 Å². The lowest BCUT2D eigenvalue weighted by Gasteiger charge is -2.01. The second-order valence-electron chi connectivity index (χ2n) is 3.89. The van der Waals surface area contributed by atoms with Crippen molar-refractivity contribution in [2.24, 2.45) is 5.73 Å². The van der Waals surface area contributed by atoms with Crippen molar-refractivity contribution < 1.29 is 14.0 Å². The fraction of sp³-hybridized carbons (Fsp3) is 0.333. The minimum Gasteiger partial charge on any atom is -0.396 e. The molecule has 0 radical (unpaired) electrons. The van der Waals surface area contributed by atoms with Gasteiger partial charge in [-0.3, -0.25) is 0 Å². The van der Waals surface area contributed by atoms with Crippen molar-refractivity contribution in [3.8, 4) is 0 Å². The van der Waals surface area contributed by atoms with Crippen molar-refractivity contribution in [2.75, 3.05) is 6.61 Å².